The molecular weight excluding hydrogens is 154 g/mol. The number of aryl methyl sites for hydroxylation is 1. The van der Waals surface area contributed by atoms with E-state index in [1.54, 1.807) is 19.9 Å². The second-order valence-electron chi connectivity index (χ2n) is 2.64. The van der Waals surface area contributed by atoms with E-state index in [1.807, 2.05) is 6.07 Å². The Kier molecular flexibility index (Phi) is 2.24. The van der Waals surface area contributed by atoms with Gasteiger partial charge in [0.1, 0.15) is 0 Å². The second kappa shape index (κ2) is 3.18. The lowest BCUT2D eigenvalue weighted by Crippen LogP contribution is -2.14. The molecule has 1 heterocycles. The minimum absolute atomic E-state index is 0.328. The highest BCUT2D eigenvalue weighted by Crippen LogP contribution is 2.08. The van der Waals surface area contributed by atoms with Crippen LogP contribution in [0.4, 0.5) is 0 Å². The van der Waals surface area contributed by atoms with Gasteiger partial charge in [0.15, 0.2) is 0 Å². The zero-order valence-corrected chi connectivity index (χ0v) is 6.96. The van der Waals surface area contributed by atoms with Crippen molar-refractivity contribution in [1.29, 1.82) is 5.26 Å². The highest BCUT2D eigenvalue weighted by atomic mass is 16.1. The van der Waals surface area contributed by atoms with Crippen molar-refractivity contribution in [2.24, 2.45) is 0 Å². The summed E-state index contributed by atoms with van der Waals surface area (Å²) in [5, 5.41) is 8.57. The van der Waals surface area contributed by atoms with Gasteiger partial charge in [0, 0.05) is 5.69 Å². The average molecular weight is 163 g/mol. The molecule has 1 rings (SSSR count). The van der Waals surface area contributed by atoms with Crippen LogP contribution in [-0.4, -0.2) is 9.97 Å². The Labute approximate surface area is 69.9 Å². The van der Waals surface area contributed by atoms with Crippen molar-refractivity contribution in [3.8, 4) is 6.07 Å². The fraction of sp³-hybridized carbons (Fsp3) is 0.375. The molecule has 1 aromatic heterocycles. The highest BCUT2D eigenvalue weighted by Gasteiger charge is 2.05. The Hall–Kier alpha value is -1.63. The SMILES string of the molecule is Cc1cc(C(C)C#N)nc(=O)[nH]1. The van der Waals surface area contributed by atoms with Gasteiger partial charge in [-0.2, -0.15) is 10.2 Å². The van der Waals surface area contributed by atoms with Crippen LogP contribution in [0.15, 0.2) is 10.9 Å². The van der Waals surface area contributed by atoms with Crippen molar-refractivity contribution in [3.63, 3.8) is 0 Å². The molecule has 1 unspecified atom stereocenters. The number of rotatable bonds is 1. The molecule has 1 aromatic rings. The van der Waals surface area contributed by atoms with Crippen LogP contribution < -0.4 is 5.69 Å². The summed E-state index contributed by atoms with van der Waals surface area (Å²) in [5.74, 6) is -0.328. The van der Waals surface area contributed by atoms with Crippen molar-refractivity contribution in [2.75, 3.05) is 0 Å². The third-order valence-corrected chi connectivity index (χ3v) is 1.54. The van der Waals surface area contributed by atoms with Gasteiger partial charge in [-0.1, -0.05) is 0 Å². The van der Waals surface area contributed by atoms with Crippen LogP contribution in [0.5, 0.6) is 0 Å². The molecule has 0 aromatic carbocycles. The van der Waals surface area contributed by atoms with E-state index in [1.165, 1.54) is 0 Å². The minimum atomic E-state index is -0.396. The molecule has 4 nitrogen and oxygen atoms in total. The largest absolute Gasteiger partial charge is 0.345 e. The zero-order valence-electron chi connectivity index (χ0n) is 6.96. The van der Waals surface area contributed by atoms with Crippen LogP contribution in [0.3, 0.4) is 0 Å². The number of H-pyrrole nitrogens is 1. The summed E-state index contributed by atoms with van der Waals surface area (Å²) in [7, 11) is 0. The van der Waals surface area contributed by atoms with Crippen molar-refractivity contribution in [2.45, 2.75) is 19.8 Å². The highest BCUT2D eigenvalue weighted by molar-refractivity contribution is 5.16. The molecule has 0 aliphatic heterocycles. The van der Waals surface area contributed by atoms with Gasteiger partial charge >= 0.3 is 5.69 Å². The molecule has 12 heavy (non-hydrogen) atoms. The Balaban J connectivity index is 3.19. The maximum absolute atomic E-state index is 10.9. The maximum atomic E-state index is 10.9. The van der Waals surface area contributed by atoms with Crippen molar-refractivity contribution in [3.05, 3.63) is 27.9 Å². The third kappa shape index (κ3) is 1.70. The number of nitrogens with one attached hydrogen (secondary N) is 1. The Bertz CT molecular complexity index is 375. The summed E-state index contributed by atoms with van der Waals surface area (Å²) in [6, 6.07) is 3.72. The first-order valence-electron chi connectivity index (χ1n) is 3.61. The van der Waals surface area contributed by atoms with Gasteiger partial charge in [-0.25, -0.2) is 4.79 Å². The number of hydrogen-bond donors (Lipinski definition) is 1. The molecule has 1 atom stereocenters. The molecule has 0 amide bonds. The monoisotopic (exact) mass is 163 g/mol. The van der Waals surface area contributed by atoms with Crippen LogP contribution in [-0.2, 0) is 0 Å². The molecule has 0 saturated heterocycles. The smallest absolute Gasteiger partial charge is 0.310 e. The molecule has 62 valence electrons. The minimum Gasteiger partial charge on any atom is -0.310 e. The van der Waals surface area contributed by atoms with E-state index in [0.29, 0.717) is 5.69 Å². The Morgan fingerprint density at radius 1 is 1.75 bits per heavy atom. The van der Waals surface area contributed by atoms with Gasteiger partial charge in [0.05, 0.1) is 17.7 Å². The summed E-state index contributed by atoms with van der Waals surface area (Å²) in [6.07, 6.45) is 0. The average Bonchev–Trinajstić information content (AvgIpc) is 2.01. The summed E-state index contributed by atoms with van der Waals surface area (Å²) in [5.41, 5.74) is 0.859. The molecule has 0 aliphatic carbocycles. The van der Waals surface area contributed by atoms with Crippen LogP contribution in [0.25, 0.3) is 0 Å². The van der Waals surface area contributed by atoms with Crippen molar-refractivity contribution in [1.82, 2.24) is 9.97 Å². The predicted molar refractivity (Wildman–Crippen MR) is 43.6 cm³/mol. The van der Waals surface area contributed by atoms with Crippen LogP contribution >= 0.6 is 0 Å². The van der Waals surface area contributed by atoms with Crippen molar-refractivity contribution >= 4 is 0 Å². The molecule has 4 heteroatoms. The second-order valence-corrected chi connectivity index (χ2v) is 2.64. The van der Waals surface area contributed by atoms with Gasteiger partial charge in [-0.05, 0) is 19.9 Å². The fourth-order valence-corrected chi connectivity index (χ4v) is 0.892. The van der Waals surface area contributed by atoms with E-state index in [2.05, 4.69) is 9.97 Å². The van der Waals surface area contributed by atoms with E-state index in [0.717, 1.165) is 5.69 Å². The van der Waals surface area contributed by atoms with Gasteiger partial charge in [0.2, 0.25) is 0 Å². The van der Waals surface area contributed by atoms with E-state index < -0.39 is 5.69 Å². The van der Waals surface area contributed by atoms with Gasteiger partial charge in [0.25, 0.3) is 0 Å². The first-order chi connectivity index (χ1) is 5.63. The van der Waals surface area contributed by atoms with Crippen LogP contribution in [0.1, 0.15) is 24.2 Å². The van der Waals surface area contributed by atoms with E-state index in [-0.39, 0.29) is 5.92 Å². The standard InChI is InChI=1S/C8H9N3O/c1-5(4-9)7-3-6(2)10-8(12)11-7/h3,5H,1-2H3,(H,10,11,12). The first-order valence-corrected chi connectivity index (χ1v) is 3.61. The molecule has 0 spiro atoms. The normalized spacial score (nSPS) is 12.1. The van der Waals surface area contributed by atoms with Crippen molar-refractivity contribution < 1.29 is 0 Å². The predicted octanol–water partition coefficient (Wildman–Crippen LogP) is 0.705. The lowest BCUT2D eigenvalue weighted by atomic mass is 10.1. The number of nitriles is 1. The molecule has 0 aliphatic rings. The molecule has 0 saturated carbocycles. The van der Waals surface area contributed by atoms with Gasteiger partial charge in [-0.15, -0.1) is 0 Å². The fourth-order valence-electron chi connectivity index (χ4n) is 0.892. The number of aromatic amines is 1. The molecular formula is C8H9N3O. The zero-order chi connectivity index (χ0) is 9.14. The Morgan fingerprint density at radius 2 is 2.42 bits per heavy atom. The summed E-state index contributed by atoms with van der Waals surface area (Å²) >= 11 is 0. The third-order valence-electron chi connectivity index (χ3n) is 1.54. The topological polar surface area (TPSA) is 69.5 Å². The molecule has 1 N–H and O–H groups in total. The lowest BCUT2D eigenvalue weighted by Gasteiger charge is -2.00. The van der Waals surface area contributed by atoms with Gasteiger partial charge < -0.3 is 4.98 Å². The quantitative estimate of drug-likeness (QED) is 0.662. The molecule has 0 bridgehead atoms. The summed E-state index contributed by atoms with van der Waals surface area (Å²) in [6.45, 7) is 3.47. The Morgan fingerprint density at radius 3 is 2.92 bits per heavy atom. The van der Waals surface area contributed by atoms with Crippen LogP contribution in [0.2, 0.25) is 0 Å². The van der Waals surface area contributed by atoms with E-state index in [4.69, 9.17) is 5.26 Å². The molecule has 0 radical (unpaired) electrons. The summed E-state index contributed by atoms with van der Waals surface area (Å²) < 4.78 is 0. The number of hydrogen-bond acceptors (Lipinski definition) is 3. The first kappa shape index (κ1) is 8.47. The maximum Gasteiger partial charge on any atom is 0.345 e. The van der Waals surface area contributed by atoms with E-state index >= 15 is 0 Å². The van der Waals surface area contributed by atoms with E-state index in [9.17, 15) is 4.79 Å². The van der Waals surface area contributed by atoms with Crippen LogP contribution in [0, 0.1) is 18.3 Å². The molecule has 0 fully saturated rings. The van der Waals surface area contributed by atoms with Gasteiger partial charge in [-0.3, -0.25) is 0 Å². The summed E-state index contributed by atoms with van der Waals surface area (Å²) in [4.78, 5) is 17.0. The lowest BCUT2D eigenvalue weighted by molar-refractivity contribution is 0.868. The number of aromatic nitrogens is 2. The number of nitrogens with zero attached hydrogens (tertiary/aromatic N) is 2.